The van der Waals surface area contributed by atoms with Gasteiger partial charge in [-0.15, -0.1) is 0 Å². The van der Waals surface area contributed by atoms with Crippen LogP contribution in [-0.2, 0) is 6.42 Å². The summed E-state index contributed by atoms with van der Waals surface area (Å²) < 4.78 is 16.4. The van der Waals surface area contributed by atoms with Crippen LogP contribution < -0.4 is 20.4 Å². The molecule has 0 aliphatic heterocycles. The summed E-state index contributed by atoms with van der Waals surface area (Å²) in [6.07, 6.45) is 0.884. The smallest absolute Gasteiger partial charge is 0.336 e. The molecule has 26 heavy (non-hydrogen) atoms. The molecule has 0 bridgehead atoms. The van der Waals surface area contributed by atoms with Gasteiger partial charge in [-0.25, -0.2) is 4.79 Å². The van der Waals surface area contributed by atoms with E-state index in [2.05, 4.69) is 18.3 Å². The molecule has 5 heteroatoms. The zero-order valence-corrected chi connectivity index (χ0v) is 15.0. The Morgan fingerprint density at radius 1 is 1.12 bits per heavy atom. The largest absolute Gasteiger partial charge is 0.496 e. The van der Waals surface area contributed by atoms with Crippen molar-refractivity contribution in [3.8, 4) is 11.5 Å². The van der Waals surface area contributed by atoms with E-state index in [0.29, 0.717) is 17.9 Å². The van der Waals surface area contributed by atoms with E-state index >= 15 is 0 Å². The fraction of sp³-hybridized carbons (Fsp3) is 0.286. The maximum Gasteiger partial charge on any atom is 0.336 e. The Morgan fingerprint density at radius 2 is 1.92 bits per heavy atom. The first-order valence-electron chi connectivity index (χ1n) is 8.67. The highest BCUT2D eigenvalue weighted by Gasteiger charge is 2.06. The molecular formula is C21H23NO4. The summed E-state index contributed by atoms with van der Waals surface area (Å²) in [5.74, 6) is 1.60. The number of para-hydroxylation sites is 1. The van der Waals surface area contributed by atoms with Gasteiger partial charge in [0.2, 0.25) is 0 Å². The van der Waals surface area contributed by atoms with E-state index in [1.165, 1.54) is 11.6 Å². The molecule has 0 radical (unpaired) electrons. The second-order valence-corrected chi connectivity index (χ2v) is 6.18. The van der Waals surface area contributed by atoms with Crippen molar-refractivity contribution in [3.05, 3.63) is 70.6 Å². The monoisotopic (exact) mass is 353 g/mol. The third-order valence-corrected chi connectivity index (χ3v) is 4.17. The average Bonchev–Trinajstić information content (AvgIpc) is 2.66. The van der Waals surface area contributed by atoms with Gasteiger partial charge in [-0.05, 0) is 49.7 Å². The van der Waals surface area contributed by atoms with Gasteiger partial charge in [0.15, 0.2) is 0 Å². The SMILES string of the molecule is COc1ccccc1CCNC(C)COc1ccc2ccc(=O)oc2c1. The van der Waals surface area contributed by atoms with Crippen molar-refractivity contribution in [1.82, 2.24) is 5.32 Å². The molecule has 3 rings (SSSR count). The maximum absolute atomic E-state index is 11.3. The van der Waals surface area contributed by atoms with Crippen molar-refractivity contribution in [3.63, 3.8) is 0 Å². The van der Waals surface area contributed by atoms with Crippen LogP contribution in [0.15, 0.2) is 63.8 Å². The lowest BCUT2D eigenvalue weighted by atomic mass is 10.1. The molecule has 0 amide bonds. The normalized spacial score (nSPS) is 12.1. The number of rotatable bonds is 8. The number of ether oxygens (including phenoxy) is 2. The summed E-state index contributed by atoms with van der Waals surface area (Å²) in [5, 5.41) is 4.32. The lowest BCUT2D eigenvalue weighted by Gasteiger charge is -2.16. The van der Waals surface area contributed by atoms with E-state index in [1.54, 1.807) is 19.2 Å². The van der Waals surface area contributed by atoms with Crippen LogP contribution in [0.4, 0.5) is 0 Å². The molecule has 2 aromatic carbocycles. The molecule has 0 fully saturated rings. The third-order valence-electron chi connectivity index (χ3n) is 4.17. The van der Waals surface area contributed by atoms with Gasteiger partial charge in [-0.3, -0.25) is 0 Å². The molecule has 0 aliphatic carbocycles. The zero-order valence-electron chi connectivity index (χ0n) is 15.0. The standard InChI is InChI=1S/C21H23NO4/c1-15(22-12-11-16-5-3-4-6-19(16)24-2)14-25-18-9-7-17-8-10-21(23)26-20(17)13-18/h3-10,13,15,22H,11-12,14H2,1-2H3. The van der Waals surface area contributed by atoms with Gasteiger partial charge in [0.1, 0.15) is 23.7 Å². The van der Waals surface area contributed by atoms with E-state index in [4.69, 9.17) is 13.9 Å². The minimum Gasteiger partial charge on any atom is -0.496 e. The van der Waals surface area contributed by atoms with Crippen LogP contribution in [0.3, 0.4) is 0 Å². The quantitative estimate of drug-likeness (QED) is 0.629. The van der Waals surface area contributed by atoms with E-state index in [0.717, 1.165) is 24.1 Å². The molecule has 0 aliphatic rings. The summed E-state index contributed by atoms with van der Waals surface area (Å²) in [5.41, 5.74) is 1.35. The van der Waals surface area contributed by atoms with Crippen molar-refractivity contribution in [2.75, 3.05) is 20.3 Å². The summed E-state index contributed by atoms with van der Waals surface area (Å²) in [6, 6.07) is 16.9. The molecule has 3 aromatic rings. The Balaban J connectivity index is 1.49. The Labute approximate surface area is 152 Å². The maximum atomic E-state index is 11.3. The molecule has 0 saturated heterocycles. The molecule has 0 saturated carbocycles. The minimum absolute atomic E-state index is 0.184. The molecule has 1 heterocycles. The fourth-order valence-electron chi connectivity index (χ4n) is 2.77. The molecule has 1 N–H and O–H groups in total. The van der Waals surface area contributed by atoms with E-state index < -0.39 is 0 Å². The van der Waals surface area contributed by atoms with Crippen LogP contribution in [0.1, 0.15) is 12.5 Å². The molecule has 1 unspecified atom stereocenters. The highest BCUT2D eigenvalue weighted by Crippen LogP contribution is 2.20. The van der Waals surface area contributed by atoms with Gasteiger partial charge < -0.3 is 19.2 Å². The fourth-order valence-corrected chi connectivity index (χ4v) is 2.77. The van der Waals surface area contributed by atoms with Crippen LogP contribution in [0.25, 0.3) is 11.0 Å². The molecule has 5 nitrogen and oxygen atoms in total. The number of nitrogens with one attached hydrogen (secondary N) is 1. The topological polar surface area (TPSA) is 60.7 Å². The first-order valence-corrected chi connectivity index (χ1v) is 8.67. The summed E-state index contributed by atoms with van der Waals surface area (Å²) in [4.78, 5) is 11.3. The van der Waals surface area contributed by atoms with Gasteiger partial charge in [0.25, 0.3) is 0 Å². The molecule has 1 aromatic heterocycles. The van der Waals surface area contributed by atoms with Crippen LogP contribution >= 0.6 is 0 Å². The van der Waals surface area contributed by atoms with Gasteiger partial charge >= 0.3 is 5.63 Å². The first kappa shape index (κ1) is 18.0. The van der Waals surface area contributed by atoms with Gasteiger partial charge in [0, 0.05) is 23.6 Å². The van der Waals surface area contributed by atoms with Crippen molar-refractivity contribution >= 4 is 11.0 Å². The molecule has 0 spiro atoms. The van der Waals surface area contributed by atoms with Crippen LogP contribution in [0.2, 0.25) is 0 Å². The highest BCUT2D eigenvalue weighted by atomic mass is 16.5. The van der Waals surface area contributed by atoms with Crippen molar-refractivity contribution < 1.29 is 13.9 Å². The number of methoxy groups -OCH3 is 1. The van der Waals surface area contributed by atoms with Crippen molar-refractivity contribution in [2.45, 2.75) is 19.4 Å². The van der Waals surface area contributed by atoms with E-state index in [-0.39, 0.29) is 11.7 Å². The predicted molar refractivity (Wildman–Crippen MR) is 102 cm³/mol. The van der Waals surface area contributed by atoms with Crippen molar-refractivity contribution in [1.29, 1.82) is 0 Å². The zero-order chi connectivity index (χ0) is 18.4. The minimum atomic E-state index is -0.360. The summed E-state index contributed by atoms with van der Waals surface area (Å²) in [6.45, 7) is 3.43. The lowest BCUT2D eigenvalue weighted by molar-refractivity contribution is 0.274. The molecular weight excluding hydrogens is 330 g/mol. The number of hydrogen-bond donors (Lipinski definition) is 1. The number of fused-ring (bicyclic) bond motifs is 1. The predicted octanol–water partition coefficient (Wildman–Crippen LogP) is 3.40. The van der Waals surface area contributed by atoms with Crippen molar-refractivity contribution in [2.24, 2.45) is 0 Å². The summed E-state index contributed by atoms with van der Waals surface area (Å²) >= 11 is 0. The van der Waals surface area contributed by atoms with Crippen LogP contribution in [0, 0.1) is 0 Å². The third kappa shape index (κ3) is 4.64. The summed E-state index contributed by atoms with van der Waals surface area (Å²) in [7, 11) is 1.69. The second-order valence-electron chi connectivity index (χ2n) is 6.18. The second kappa shape index (κ2) is 8.54. The van der Waals surface area contributed by atoms with Crippen LogP contribution in [0.5, 0.6) is 11.5 Å². The Hall–Kier alpha value is -2.79. The molecule has 136 valence electrons. The number of hydrogen-bond acceptors (Lipinski definition) is 5. The Bertz CT molecular complexity index is 919. The van der Waals surface area contributed by atoms with Crippen LogP contribution in [-0.4, -0.2) is 26.3 Å². The Morgan fingerprint density at radius 3 is 2.77 bits per heavy atom. The van der Waals surface area contributed by atoms with E-state index in [9.17, 15) is 4.79 Å². The number of benzene rings is 2. The Kier molecular flexibility index (Phi) is 5.92. The van der Waals surface area contributed by atoms with Gasteiger partial charge in [-0.1, -0.05) is 18.2 Å². The van der Waals surface area contributed by atoms with Gasteiger partial charge in [-0.2, -0.15) is 0 Å². The first-order chi connectivity index (χ1) is 12.7. The highest BCUT2D eigenvalue weighted by molar-refractivity contribution is 5.77. The lowest BCUT2D eigenvalue weighted by Crippen LogP contribution is -2.33. The molecule has 1 atom stereocenters. The van der Waals surface area contributed by atoms with Gasteiger partial charge in [0.05, 0.1) is 7.11 Å². The average molecular weight is 353 g/mol. The van der Waals surface area contributed by atoms with E-state index in [1.807, 2.05) is 30.3 Å².